The molecule has 0 aliphatic heterocycles. The highest BCUT2D eigenvalue weighted by molar-refractivity contribution is 5.71. The van der Waals surface area contributed by atoms with Crippen molar-refractivity contribution in [3.63, 3.8) is 0 Å². The maximum Gasteiger partial charge on any atom is 0.306 e. The molecule has 0 N–H and O–H groups in total. The Kier molecular flexibility index (Phi) is 67.0. The first-order chi connectivity index (χ1) is 39.0. The predicted octanol–water partition coefficient (Wildman–Crippen LogP) is 24.8. The zero-order valence-electron chi connectivity index (χ0n) is 53.9. The smallest absolute Gasteiger partial charge is 0.306 e. The SMILES string of the molecule is CCCCCCCC/C=C\CCCCCCCCCCCC(=O)OC(COC(=O)CCCCCCCCCCCCCC)COC(=O)CCCCCCCCCCCCCCCCCCCCCCCCCCCCCCCC. The molecular formula is C73H140O6. The number of hydrogen-bond acceptors (Lipinski definition) is 6. The summed E-state index contributed by atoms with van der Waals surface area (Å²) in [7, 11) is 0. The Balaban J connectivity index is 4.11. The zero-order chi connectivity index (χ0) is 57.1. The van der Waals surface area contributed by atoms with E-state index in [9.17, 15) is 14.4 Å². The molecule has 468 valence electrons. The third-order valence-electron chi connectivity index (χ3n) is 16.8. The van der Waals surface area contributed by atoms with E-state index in [0.717, 1.165) is 57.8 Å². The van der Waals surface area contributed by atoms with Gasteiger partial charge < -0.3 is 14.2 Å². The van der Waals surface area contributed by atoms with Crippen molar-refractivity contribution in [3.05, 3.63) is 12.2 Å². The highest BCUT2D eigenvalue weighted by Gasteiger charge is 2.19. The van der Waals surface area contributed by atoms with E-state index in [1.165, 1.54) is 321 Å². The van der Waals surface area contributed by atoms with Crippen LogP contribution in [0.3, 0.4) is 0 Å². The molecule has 0 aromatic carbocycles. The Morgan fingerprint density at radius 2 is 0.418 bits per heavy atom. The molecule has 6 heteroatoms. The van der Waals surface area contributed by atoms with E-state index in [4.69, 9.17) is 14.2 Å². The van der Waals surface area contributed by atoms with E-state index in [-0.39, 0.29) is 31.1 Å². The van der Waals surface area contributed by atoms with Crippen LogP contribution in [0.15, 0.2) is 12.2 Å². The maximum atomic E-state index is 12.9. The van der Waals surface area contributed by atoms with Crippen LogP contribution in [0.2, 0.25) is 0 Å². The van der Waals surface area contributed by atoms with Crippen molar-refractivity contribution in [2.45, 2.75) is 425 Å². The van der Waals surface area contributed by atoms with Crippen LogP contribution in [0.1, 0.15) is 419 Å². The normalized spacial score (nSPS) is 12.0. The second-order valence-corrected chi connectivity index (χ2v) is 24.9. The average Bonchev–Trinajstić information content (AvgIpc) is 3.45. The first-order valence-electron chi connectivity index (χ1n) is 36.2. The number of carbonyl (C=O) groups is 3. The topological polar surface area (TPSA) is 78.9 Å². The summed E-state index contributed by atoms with van der Waals surface area (Å²) in [5.74, 6) is -0.832. The van der Waals surface area contributed by atoms with Crippen molar-refractivity contribution in [2.75, 3.05) is 13.2 Å². The van der Waals surface area contributed by atoms with Crippen molar-refractivity contribution in [1.29, 1.82) is 0 Å². The van der Waals surface area contributed by atoms with Crippen molar-refractivity contribution in [2.24, 2.45) is 0 Å². The third kappa shape index (κ3) is 66.8. The van der Waals surface area contributed by atoms with Crippen LogP contribution in [0.25, 0.3) is 0 Å². The maximum absolute atomic E-state index is 12.9. The molecule has 0 rings (SSSR count). The van der Waals surface area contributed by atoms with Gasteiger partial charge in [-0.2, -0.15) is 0 Å². The monoisotopic (exact) mass is 1110 g/mol. The van der Waals surface area contributed by atoms with Gasteiger partial charge in [0.05, 0.1) is 0 Å². The summed E-state index contributed by atoms with van der Waals surface area (Å²) in [5, 5.41) is 0. The fourth-order valence-corrected chi connectivity index (χ4v) is 11.3. The van der Waals surface area contributed by atoms with Crippen LogP contribution in [-0.2, 0) is 28.6 Å². The molecule has 0 aromatic heterocycles. The Hall–Kier alpha value is -1.85. The molecule has 0 fully saturated rings. The molecule has 6 nitrogen and oxygen atoms in total. The minimum Gasteiger partial charge on any atom is -0.462 e. The van der Waals surface area contributed by atoms with Gasteiger partial charge in [-0.05, 0) is 44.9 Å². The number of hydrogen-bond donors (Lipinski definition) is 0. The van der Waals surface area contributed by atoms with Gasteiger partial charge >= 0.3 is 17.9 Å². The average molecular weight is 1110 g/mol. The molecule has 0 aromatic rings. The summed E-state index contributed by atoms with van der Waals surface area (Å²) < 4.78 is 17.0. The lowest BCUT2D eigenvalue weighted by atomic mass is 10.0. The van der Waals surface area contributed by atoms with Crippen LogP contribution in [0, 0.1) is 0 Å². The number of carbonyl (C=O) groups excluding carboxylic acids is 3. The summed E-state index contributed by atoms with van der Waals surface area (Å²) in [6.45, 7) is 6.72. The number of ether oxygens (including phenoxy) is 3. The molecule has 0 saturated heterocycles. The van der Waals surface area contributed by atoms with Gasteiger partial charge in [-0.25, -0.2) is 0 Å². The van der Waals surface area contributed by atoms with Gasteiger partial charge in [-0.1, -0.05) is 367 Å². The van der Waals surface area contributed by atoms with Gasteiger partial charge in [-0.15, -0.1) is 0 Å². The lowest BCUT2D eigenvalue weighted by Gasteiger charge is -2.18. The van der Waals surface area contributed by atoms with Gasteiger partial charge in [0.15, 0.2) is 6.10 Å². The van der Waals surface area contributed by atoms with Gasteiger partial charge in [0, 0.05) is 19.3 Å². The Bertz CT molecular complexity index is 1230. The molecule has 0 bridgehead atoms. The minimum atomic E-state index is -0.767. The molecule has 0 radical (unpaired) electrons. The van der Waals surface area contributed by atoms with Crippen LogP contribution in [-0.4, -0.2) is 37.2 Å². The Morgan fingerprint density at radius 3 is 0.633 bits per heavy atom. The number of rotatable bonds is 68. The highest BCUT2D eigenvalue weighted by Crippen LogP contribution is 2.19. The summed E-state index contributed by atoms with van der Waals surface area (Å²) in [5.41, 5.74) is 0. The predicted molar refractivity (Wildman–Crippen MR) is 344 cm³/mol. The van der Waals surface area contributed by atoms with E-state index in [1.54, 1.807) is 0 Å². The lowest BCUT2D eigenvalue weighted by molar-refractivity contribution is -0.167. The van der Waals surface area contributed by atoms with Gasteiger partial charge in [0.25, 0.3) is 0 Å². The summed E-state index contributed by atoms with van der Waals surface area (Å²) in [4.78, 5) is 38.4. The molecule has 0 amide bonds. The van der Waals surface area contributed by atoms with Crippen LogP contribution in [0.5, 0.6) is 0 Å². The summed E-state index contributed by atoms with van der Waals surface area (Å²) >= 11 is 0. The second-order valence-electron chi connectivity index (χ2n) is 24.9. The molecule has 0 spiro atoms. The van der Waals surface area contributed by atoms with Crippen LogP contribution < -0.4 is 0 Å². The van der Waals surface area contributed by atoms with Crippen LogP contribution >= 0.6 is 0 Å². The molecule has 0 aliphatic rings. The first-order valence-corrected chi connectivity index (χ1v) is 36.2. The van der Waals surface area contributed by atoms with E-state index in [2.05, 4.69) is 32.9 Å². The van der Waals surface area contributed by atoms with E-state index >= 15 is 0 Å². The summed E-state index contributed by atoms with van der Waals surface area (Å²) in [6, 6.07) is 0. The Labute approximate surface area is 494 Å². The van der Waals surface area contributed by atoms with Gasteiger partial charge in [0.2, 0.25) is 0 Å². The van der Waals surface area contributed by atoms with E-state index < -0.39 is 6.10 Å². The molecular weight excluding hydrogens is 973 g/mol. The molecule has 79 heavy (non-hydrogen) atoms. The van der Waals surface area contributed by atoms with Crippen molar-refractivity contribution in [1.82, 2.24) is 0 Å². The number of allylic oxidation sites excluding steroid dienone is 2. The fourth-order valence-electron chi connectivity index (χ4n) is 11.3. The number of unbranched alkanes of at least 4 members (excludes halogenated alkanes) is 55. The van der Waals surface area contributed by atoms with Gasteiger partial charge in [-0.3, -0.25) is 14.4 Å². The minimum absolute atomic E-state index is 0.0640. The van der Waals surface area contributed by atoms with Crippen LogP contribution in [0.4, 0.5) is 0 Å². The van der Waals surface area contributed by atoms with Gasteiger partial charge in [0.1, 0.15) is 13.2 Å². The standard InChI is InChI=1S/C73H140O6/c1-4-7-10-13-16-19-22-25-27-29-31-32-33-34-35-36-37-38-39-40-41-43-44-46-48-51-54-57-60-63-66-72(75)78-69-70(68-77-71(74)65-62-59-56-53-50-24-21-18-15-12-9-6-3)79-73(76)67-64-61-58-55-52-49-47-45-42-30-28-26-23-20-17-14-11-8-5-2/h26,28,70H,4-25,27,29-69H2,1-3H3/b28-26-. The molecule has 1 atom stereocenters. The summed E-state index contributed by atoms with van der Waals surface area (Å²) in [6.07, 6.45) is 82.6. The largest absolute Gasteiger partial charge is 0.462 e. The first kappa shape index (κ1) is 77.2. The third-order valence-corrected chi connectivity index (χ3v) is 16.8. The molecule has 0 aliphatic carbocycles. The highest BCUT2D eigenvalue weighted by atomic mass is 16.6. The second kappa shape index (κ2) is 68.6. The lowest BCUT2D eigenvalue weighted by Crippen LogP contribution is -2.30. The van der Waals surface area contributed by atoms with Crippen molar-refractivity contribution < 1.29 is 28.6 Å². The van der Waals surface area contributed by atoms with E-state index in [1.807, 2.05) is 0 Å². The molecule has 1 unspecified atom stereocenters. The van der Waals surface area contributed by atoms with Crippen molar-refractivity contribution in [3.8, 4) is 0 Å². The zero-order valence-corrected chi connectivity index (χ0v) is 53.9. The quantitative estimate of drug-likeness (QED) is 0.0261. The molecule has 0 heterocycles. The van der Waals surface area contributed by atoms with E-state index in [0.29, 0.717) is 19.3 Å². The molecule has 0 saturated carbocycles. The van der Waals surface area contributed by atoms with Crippen molar-refractivity contribution >= 4 is 17.9 Å². The fraction of sp³-hybridized carbons (Fsp3) is 0.932. The Morgan fingerprint density at radius 1 is 0.241 bits per heavy atom. The number of esters is 3.